The van der Waals surface area contributed by atoms with E-state index in [1.54, 1.807) is 6.20 Å². The number of aromatic nitrogens is 2. The van der Waals surface area contributed by atoms with Gasteiger partial charge < -0.3 is 19.6 Å². The monoisotopic (exact) mass is 871 g/mol. The van der Waals surface area contributed by atoms with Crippen LogP contribution in [0.5, 0.6) is 0 Å². The first-order chi connectivity index (χ1) is 28.7. The third kappa shape index (κ3) is 28.4. The molecule has 0 unspecified atom stereocenters. The quantitative estimate of drug-likeness (QED) is 0.182. The Labute approximate surface area is 391 Å². The first kappa shape index (κ1) is 61.1. The summed E-state index contributed by atoms with van der Waals surface area (Å²) in [4.78, 5) is 21.7. The van der Waals surface area contributed by atoms with E-state index in [0.29, 0.717) is 11.1 Å². The number of hydrogen-bond acceptors (Lipinski definition) is 8. The summed E-state index contributed by atoms with van der Waals surface area (Å²) < 4.78 is 0. The molecule has 4 rings (SSSR count). The van der Waals surface area contributed by atoms with E-state index < -0.39 is 0 Å². The lowest BCUT2D eigenvalue weighted by molar-refractivity contribution is 0.153. The Morgan fingerprint density at radius 2 is 0.873 bits per heavy atom. The van der Waals surface area contributed by atoms with Crippen LogP contribution in [0.3, 0.4) is 0 Å². The van der Waals surface area contributed by atoms with Crippen LogP contribution in [0.2, 0.25) is 0 Å². The van der Waals surface area contributed by atoms with E-state index in [4.69, 9.17) is 0 Å². The molecular weight excluding hydrogens is 773 g/mol. The molecule has 0 spiro atoms. The van der Waals surface area contributed by atoms with Crippen LogP contribution in [0, 0.1) is 6.92 Å². The molecule has 0 saturated carbocycles. The molecule has 63 heavy (non-hydrogen) atoms. The van der Waals surface area contributed by atoms with Crippen LogP contribution < -0.4 is 14.7 Å². The van der Waals surface area contributed by atoms with Crippen molar-refractivity contribution < 1.29 is 0 Å². The van der Waals surface area contributed by atoms with Gasteiger partial charge in [-0.1, -0.05) is 62.4 Å². The molecule has 0 N–H and O–H groups in total. The van der Waals surface area contributed by atoms with Crippen molar-refractivity contribution in [1.82, 2.24) is 24.7 Å². The summed E-state index contributed by atoms with van der Waals surface area (Å²) in [5.41, 5.74) is 7.28. The fraction of sp³-hybridized carbons (Fsp3) is 0.600. The lowest BCUT2D eigenvalue weighted by Gasteiger charge is -2.34. The molecule has 0 radical (unpaired) electrons. The van der Waals surface area contributed by atoms with E-state index in [1.807, 2.05) is 62.6 Å². The molecule has 0 aliphatic rings. The summed E-state index contributed by atoms with van der Waals surface area (Å²) >= 11 is 0. The Morgan fingerprint density at radius 3 is 1.16 bits per heavy atom. The predicted octanol–water partition coefficient (Wildman–Crippen LogP) is 13.1. The SMILES string of the molecule is CCN(CC)C(C)(C)C.CN(C)C(C)(C)C.CN(C)c1cccnc1.CN(Cc1ccccc1)C(C)(C)C.CN(c1ccccc1)C(C)(C)C.Cc1ccc(N(C)C(C)(C)C)cn1. The molecule has 0 aliphatic heterocycles. The molecule has 2 aromatic carbocycles. The van der Waals surface area contributed by atoms with Crippen molar-refractivity contribution in [1.29, 1.82) is 0 Å². The molecule has 4 aromatic rings. The molecule has 0 atom stereocenters. The van der Waals surface area contributed by atoms with Gasteiger partial charge in [0.1, 0.15) is 0 Å². The highest BCUT2D eigenvalue weighted by Gasteiger charge is 2.19. The van der Waals surface area contributed by atoms with Crippen molar-refractivity contribution in [2.24, 2.45) is 0 Å². The second-order valence-corrected chi connectivity index (χ2v) is 21.5. The van der Waals surface area contributed by atoms with E-state index in [-0.39, 0.29) is 16.6 Å². The maximum atomic E-state index is 4.27. The number of pyridine rings is 2. The number of benzene rings is 2. The number of para-hydroxylation sites is 1. The van der Waals surface area contributed by atoms with Gasteiger partial charge in [0.05, 0.1) is 23.8 Å². The molecule has 0 aliphatic carbocycles. The summed E-state index contributed by atoms with van der Waals surface area (Å²) in [5.74, 6) is 0. The zero-order valence-corrected chi connectivity index (χ0v) is 45.5. The maximum Gasteiger partial charge on any atom is 0.0554 e. The molecule has 8 nitrogen and oxygen atoms in total. The zero-order valence-electron chi connectivity index (χ0n) is 45.5. The largest absolute Gasteiger partial charge is 0.376 e. The maximum absolute atomic E-state index is 4.27. The summed E-state index contributed by atoms with van der Waals surface area (Å²) in [5, 5.41) is 0. The highest BCUT2D eigenvalue weighted by Crippen LogP contribution is 2.22. The van der Waals surface area contributed by atoms with Gasteiger partial charge >= 0.3 is 0 Å². The Morgan fingerprint density at radius 1 is 0.444 bits per heavy atom. The minimum atomic E-state index is 0.150. The summed E-state index contributed by atoms with van der Waals surface area (Å²) in [6.45, 7) is 42.9. The van der Waals surface area contributed by atoms with Crippen LogP contribution in [-0.4, -0.2) is 115 Å². The highest BCUT2D eigenvalue weighted by atomic mass is 15.2. The van der Waals surface area contributed by atoms with Crippen molar-refractivity contribution in [3.63, 3.8) is 0 Å². The Kier molecular flexibility index (Phi) is 27.9. The standard InChI is InChI=1S/C12H19N.C11H18N2.C11H17N.C8H19N.C7H10N2.C6H15N/c1-12(2,3)13(4)10-11-8-6-5-7-9-11;1-9-6-7-10(8-12-9)13(5)11(2,3)4;1-11(2,3)12(4)10-8-6-5-7-9-10;1-6-9(7-2)8(3,4)5;1-9(2)7-4-3-5-8-6-7;1-6(2,3)7(4)5/h5-9H,10H2,1-4H3;6-8H,1-5H3;5-9H,1-4H3;6-7H2,1-5H3;3-6H,1-2H3;1-5H3. The van der Waals surface area contributed by atoms with Gasteiger partial charge in [-0.3, -0.25) is 19.8 Å². The van der Waals surface area contributed by atoms with Crippen LogP contribution in [0.1, 0.15) is 129 Å². The number of aryl methyl sites for hydroxylation is 1. The smallest absolute Gasteiger partial charge is 0.0554 e. The van der Waals surface area contributed by atoms with Gasteiger partial charge in [0.2, 0.25) is 0 Å². The fourth-order valence-electron chi connectivity index (χ4n) is 4.97. The van der Waals surface area contributed by atoms with E-state index in [1.165, 1.54) is 11.3 Å². The number of anilines is 3. The van der Waals surface area contributed by atoms with Crippen LogP contribution >= 0.6 is 0 Å². The van der Waals surface area contributed by atoms with Crippen LogP contribution in [0.15, 0.2) is 104 Å². The first-order valence-electron chi connectivity index (χ1n) is 22.9. The molecule has 0 bridgehead atoms. The molecule has 2 aromatic heterocycles. The molecule has 2 heterocycles. The van der Waals surface area contributed by atoms with E-state index in [2.05, 4.69) is 248 Å². The minimum absolute atomic E-state index is 0.150. The first-order valence-corrected chi connectivity index (χ1v) is 22.9. The van der Waals surface area contributed by atoms with Gasteiger partial charge in [0.25, 0.3) is 0 Å². The average Bonchev–Trinajstić information content (AvgIpc) is 3.18. The molecule has 358 valence electrons. The van der Waals surface area contributed by atoms with Crippen molar-refractivity contribution >= 4 is 17.1 Å². The second kappa shape index (κ2) is 28.7. The fourth-order valence-corrected chi connectivity index (χ4v) is 4.97. The van der Waals surface area contributed by atoms with Gasteiger partial charge in [-0.25, -0.2) is 0 Å². The van der Waals surface area contributed by atoms with E-state index in [9.17, 15) is 0 Å². The Bertz CT molecular complexity index is 1670. The number of rotatable bonds is 7. The lowest BCUT2D eigenvalue weighted by atomic mass is 10.1. The van der Waals surface area contributed by atoms with Crippen molar-refractivity contribution in [2.45, 2.75) is 159 Å². The summed E-state index contributed by atoms with van der Waals surface area (Å²) in [6, 6.07) is 29.1. The minimum Gasteiger partial charge on any atom is -0.376 e. The van der Waals surface area contributed by atoms with Gasteiger partial charge in [0, 0.05) is 80.0 Å². The molecule has 0 amide bonds. The summed E-state index contributed by atoms with van der Waals surface area (Å²) in [6.07, 6.45) is 5.52. The van der Waals surface area contributed by atoms with Gasteiger partial charge in [-0.15, -0.1) is 0 Å². The van der Waals surface area contributed by atoms with E-state index in [0.717, 1.165) is 36.7 Å². The average molecular weight is 871 g/mol. The predicted molar refractivity (Wildman–Crippen MR) is 284 cm³/mol. The van der Waals surface area contributed by atoms with Crippen LogP contribution in [0.25, 0.3) is 0 Å². The van der Waals surface area contributed by atoms with Gasteiger partial charge in [-0.2, -0.15) is 0 Å². The Balaban J connectivity index is 0. The zero-order chi connectivity index (χ0) is 49.4. The molecule has 8 heteroatoms. The van der Waals surface area contributed by atoms with Crippen molar-refractivity contribution in [3.8, 4) is 0 Å². The molecular formula is C55H98N8. The Hall–Kier alpha value is -3.98. The third-order valence-electron chi connectivity index (χ3n) is 11.1. The summed E-state index contributed by atoms with van der Waals surface area (Å²) in [7, 11) is 14.5. The lowest BCUT2D eigenvalue weighted by Crippen LogP contribution is -2.40. The van der Waals surface area contributed by atoms with Gasteiger partial charge in [-0.05, 0) is 187 Å². The van der Waals surface area contributed by atoms with Gasteiger partial charge in [0.15, 0.2) is 0 Å². The normalized spacial score (nSPS) is 11.6. The van der Waals surface area contributed by atoms with Crippen molar-refractivity contribution in [3.05, 3.63) is 115 Å². The number of hydrogen-bond donors (Lipinski definition) is 0. The van der Waals surface area contributed by atoms with Crippen LogP contribution in [-0.2, 0) is 6.54 Å². The third-order valence-corrected chi connectivity index (χ3v) is 11.1. The molecule has 0 saturated heterocycles. The number of nitrogens with zero attached hydrogens (tertiary/aromatic N) is 8. The van der Waals surface area contributed by atoms with Crippen molar-refractivity contribution in [2.75, 3.05) is 77.1 Å². The molecule has 0 fully saturated rings. The van der Waals surface area contributed by atoms with Crippen LogP contribution in [0.4, 0.5) is 17.1 Å². The topological polar surface area (TPSA) is 45.2 Å². The second-order valence-electron chi connectivity index (χ2n) is 21.5. The highest BCUT2D eigenvalue weighted by molar-refractivity contribution is 5.47. The van der Waals surface area contributed by atoms with E-state index >= 15 is 0 Å².